The lowest BCUT2D eigenvalue weighted by molar-refractivity contribution is 0.669. The second-order valence-corrected chi connectivity index (χ2v) is 12.3. The maximum Gasteiger partial charge on any atom is 0.238 e. The number of benzene rings is 8. The normalized spacial score (nSPS) is 15.1. The van der Waals surface area contributed by atoms with E-state index in [-0.39, 0.29) is 45.5 Å². The first-order valence-corrected chi connectivity index (χ1v) is 16.5. The highest BCUT2D eigenvalue weighted by Crippen LogP contribution is 2.42. The molecule has 52 heavy (non-hydrogen) atoms. The Kier molecular flexibility index (Phi) is 4.16. The summed E-state index contributed by atoms with van der Waals surface area (Å²) in [5.41, 5.74) is 3.15. The van der Waals surface area contributed by atoms with Crippen LogP contribution in [-0.4, -0.2) is 19.5 Å². The number of rotatable bonds is 4. The van der Waals surface area contributed by atoms with Crippen LogP contribution in [0.25, 0.3) is 105 Å². The fourth-order valence-corrected chi connectivity index (χ4v) is 7.21. The molecule has 0 spiro atoms. The average Bonchev–Trinajstić information content (AvgIpc) is 3.86. The molecule has 0 bridgehead atoms. The Morgan fingerprint density at radius 3 is 1.90 bits per heavy atom. The van der Waals surface area contributed by atoms with Crippen molar-refractivity contribution in [2.24, 2.45) is 0 Å². The summed E-state index contributed by atoms with van der Waals surface area (Å²) in [5, 5.41) is 4.25. The minimum atomic E-state index is -0.548. The van der Waals surface area contributed by atoms with Crippen molar-refractivity contribution < 1.29 is 20.9 Å². The molecule has 11 rings (SSSR count). The van der Waals surface area contributed by atoms with Crippen LogP contribution in [0.1, 0.15) is 16.4 Å². The number of fused-ring (bicyclic) bond motifs is 9. The van der Waals surface area contributed by atoms with E-state index in [4.69, 9.17) is 35.8 Å². The maximum atomic E-state index is 9.09. The summed E-state index contributed by atoms with van der Waals surface area (Å²) in [7, 11) is 0. The van der Waals surface area contributed by atoms with Crippen LogP contribution in [-0.2, 0) is 0 Å². The molecule has 242 valence electrons. The minimum absolute atomic E-state index is 0.0382. The van der Waals surface area contributed by atoms with Gasteiger partial charge in [-0.3, -0.25) is 4.57 Å². The third-order valence-corrected chi connectivity index (χ3v) is 9.44. The molecule has 0 unspecified atom stereocenters. The van der Waals surface area contributed by atoms with Crippen LogP contribution >= 0.6 is 0 Å². The molecule has 0 aliphatic heterocycles. The molecule has 3 heterocycles. The Morgan fingerprint density at radius 1 is 0.462 bits per heavy atom. The molecule has 0 amide bonds. The quantitative estimate of drug-likeness (QED) is 0.186. The van der Waals surface area contributed by atoms with Crippen LogP contribution in [0.4, 0.5) is 0 Å². The summed E-state index contributed by atoms with van der Waals surface area (Å²) >= 11 is 0. The first-order valence-electron chi connectivity index (χ1n) is 22.5. The van der Waals surface area contributed by atoms with Crippen LogP contribution in [0.3, 0.4) is 0 Å². The van der Waals surface area contributed by atoms with Gasteiger partial charge in [-0.25, -0.2) is 4.98 Å². The Hall–Kier alpha value is -7.11. The number of furan rings is 1. The summed E-state index contributed by atoms with van der Waals surface area (Å²) in [6.07, 6.45) is 0. The van der Waals surface area contributed by atoms with Crippen molar-refractivity contribution >= 4 is 65.3 Å². The van der Waals surface area contributed by atoms with Gasteiger partial charge in [0.05, 0.1) is 27.5 Å². The van der Waals surface area contributed by atoms with Gasteiger partial charge in [-0.05, 0) is 69.1 Å². The Morgan fingerprint density at radius 2 is 1.12 bits per heavy atom. The van der Waals surface area contributed by atoms with E-state index in [1.54, 1.807) is 24.3 Å². The highest BCUT2D eigenvalue weighted by Gasteiger charge is 2.20. The van der Waals surface area contributed by atoms with Gasteiger partial charge in [0, 0.05) is 32.7 Å². The smallest absolute Gasteiger partial charge is 0.238 e. The molecule has 11 aromatic rings. The second kappa shape index (κ2) is 11.2. The van der Waals surface area contributed by atoms with E-state index in [1.165, 1.54) is 0 Å². The van der Waals surface area contributed by atoms with Gasteiger partial charge in [0.25, 0.3) is 0 Å². The van der Waals surface area contributed by atoms with Gasteiger partial charge in [0.15, 0.2) is 11.6 Å². The summed E-state index contributed by atoms with van der Waals surface area (Å²) in [6.45, 7) is 0. The zero-order chi connectivity index (χ0) is 44.6. The molecule has 0 fully saturated rings. The monoisotopic (exact) mass is 676 g/mol. The average molecular weight is 677 g/mol. The maximum absolute atomic E-state index is 9.09. The fourth-order valence-electron chi connectivity index (χ4n) is 7.21. The molecule has 0 saturated carbocycles. The van der Waals surface area contributed by atoms with Crippen LogP contribution in [0.2, 0.25) is 0 Å². The minimum Gasteiger partial charge on any atom is -0.456 e. The molecule has 0 aliphatic rings. The molecule has 5 nitrogen and oxygen atoms in total. The predicted molar refractivity (Wildman–Crippen MR) is 213 cm³/mol. The topological polar surface area (TPSA) is 56.7 Å². The van der Waals surface area contributed by atoms with Gasteiger partial charge in [0.1, 0.15) is 11.2 Å². The predicted octanol–water partition coefficient (Wildman–Crippen LogP) is 12.2. The molecule has 3 aromatic heterocycles. The van der Waals surface area contributed by atoms with Gasteiger partial charge >= 0.3 is 0 Å². The Balaban J connectivity index is 1.20. The molecule has 5 heteroatoms. The standard InChI is InChI=1S/C47H28N4O/c1-2-14-30(15-3-1)45-48-46(50-47(49-45)51-40-23-10-8-19-35(40)36-20-9-11-24-41(36)51)31-25-26-42-39(27-31)44-37-21-7-6-18-34(37)38(28-43(44)52-42)33-22-12-16-29-13-4-5-17-32(29)33/h1-28H/i1D,2D,3D,4D,5D,12D,13D,14D,15D,16D,17D,22D. The summed E-state index contributed by atoms with van der Waals surface area (Å²) in [5.74, 6) is 0.166. The Labute approximate surface area is 314 Å². The molecule has 0 aliphatic carbocycles. The van der Waals surface area contributed by atoms with Crippen LogP contribution in [0.5, 0.6) is 0 Å². The van der Waals surface area contributed by atoms with Gasteiger partial charge in [-0.2, -0.15) is 9.97 Å². The number of para-hydroxylation sites is 2. The fraction of sp³-hybridized carbons (Fsp3) is 0. The lowest BCUT2D eigenvalue weighted by Crippen LogP contribution is -2.06. The van der Waals surface area contributed by atoms with Crippen molar-refractivity contribution in [1.82, 2.24) is 19.5 Å². The SMILES string of the molecule is [2H]c1c([2H])c([2H])c(-c2nc(-c3ccc4oc5cc(-c6c([2H])c([2H])c([2H])c7c([2H])c([2H])c([2H])c([2H])c67)c6ccccc6c5c4c3)nc(-n3c4ccccc4c4ccccc43)n2)c([2H])c1[2H]. The van der Waals surface area contributed by atoms with Crippen molar-refractivity contribution in [2.45, 2.75) is 0 Å². The number of hydrogen-bond donors (Lipinski definition) is 0. The second-order valence-electron chi connectivity index (χ2n) is 12.3. The van der Waals surface area contributed by atoms with Crippen LogP contribution < -0.4 is 0 Å². The van der Waals surface area contributed by atoms with E-state index in [9.17, 15) is 0 Å². The molecule has 0 saturated heterocycles. The van der Waals surface area contributed by atoms with Crippen molar-refractivity contribution in [3.63, 3.8) is 0 Å². The van der Waals surface area contributed by atoms with Gasteiger partial charge in [-0.15, -0.1) is 0 Å². The molecule has 0 N–H and O–H groups in total. The van der Waals surface area contributed by atoms with Crippen LogP contribution in [0, 0.1) is 0 Å². The third-order valence-electron chi connectivity index (χ3n) is 9.44. The van der Waals surface area contributed by atoms with E-state index in [1.807, 2.05) is 77.4 Å². The lowest BCUT2D eigenvalue weighted by Gasteiger charge is -2.12. The van der Waals surface area contributed by atoms with E-state index < -0.39 is 66.5 Å². The van der Waals surface area contributed by atoms with Crippen molar-refractivity contribution in [1.29, 1.82) is 0 Å². The van der Waals surface area contributed by atoms with Gasteiger partial charge in [-0.1, -0.05) is 133 Å². The number of nitrogens with zero attached hydrogens (tertiary/aromatic N) is 4. The first kappa shape index (κ1) is 19.3. The lowest BCUT2D eigenvalue weighted by atomic mass is 9.92. The van der Waals surface area contributed by atoms with Gasteiger partial charge in [0.2, 0.25) is 5.95 Å². The number of aromatic nitrogens is 4. The summed E-state index contributed by atoms with van der Waals surface area (Å²) in [4.78, 5) is 14.6. The zero-order valence-electron chi connectivity index (χ0n) is 38.9. The van der Waals surface area contributed by atoms with Crippen molar-refractivity contribution in [3.8, 4) is 39.9 Å². The van der Waals surface area contributed by atoms with E-state index in [0.29, 0.717) is 43.8 Å². The largest absolute Gasteiger partial charge is 0.456 e. The molecule has 0 atom stereocenters. The van der Waals surface area contributed by atoms with E-state index >= 15 is 0 Å². The van der Waals surface area contributed by atoms with Gasteiger partial charge < -0.3 is 4.42 Å². The summed E-state index contributed by atoms with van der Waals surface area (Å²) < 4.78 is 112. The zero-order valence-corrected chi connectivity index (χ0v) is 26.9. The van der Waals surface area contributed by atoms with E-state index in [0.717, 1.165) is 21.8 Å². The van der Waals surface area contributed by atoms with Crippen molar-refractivity contribution in [2.75, 3.05) is 0 Å². The van der Waals surface area contributed by atoms with Crippen molar-refractivity contribution in [3.05, 3.63) is 170 Å². The molecule has 8 aromatic carbocycles. The number of hydrogen-bond acceptors (Lipinski definition) is 4. The Bertz CT molecular complexity index is 3810. The first-order chi connectivity index (χ1) is 30.8. The third kappa shape index (κ3) is 4.33. The highest BCUT2D eigenvalue weighted by atomic mass is 16.3. The van der Waals surface area contributed by atoms with E-state index in [2.05, 4.69) is 0 Å². The summed E-state index contributed by atoms with van der Waals surface area (Å²) in [6, 6.07) is 24.0. The molecular formula is C47H28N4O. The van der Waals surface area contributed by atoms with Crippen LogP contribution in [0.15, 0.2) is 174 Å². The molecule has 0 radical (unpaired) electrons. The highest BCUT2D eigenvalue weighted by molar-refractivity contribution is 6.23. The molecular weight excluding hydrogens is 637 g/mol.